The molecule has 1 aliphatic heterocycles. The van der Waals surface area contributed by atoms with Crippen LogP contribution in [-0.4, -0.2) is 28.0 Å². The van der Waals surface area contributed by atoms with Crippen LogP contribution < -0.4 is 4.90 Å². The van der Waals surface area contributed by atoms with E-state index in [2.05, 4.69) is 15.0 Å². The molecule has 6 heteroatoms. The molecule has 0 bridgehead atoms. The van der Waals surface area contributed by atoms with Crippen molar-refractivity contribution in [3.05, 3.63) is 77.4 Å². The number of hydrogen-bond donors (Lipinski definition) is 0. The van der Waals surface area contributed by atoms with Crippen LogP contribution in [0.5, 0.6) is 0 Å². The minimum atomic E-state index is -0.401. The van der Waals surface area contributed by atoms with Gasteiger partial charge < -0.3 is 9.64 Å². The highest BCUT2D eigenvalue weighted by molar-refractivity contribution is 5.89. The quantitative estimate of drug-likeness (QED) is 0.678. The van der Waals surface area contributed by atoms with Crippen molar-refractivity contribution in [2.24, 2.45) is 0 Å². The van der Waals surface area contributed by atoms with Crippen LogP contribution in [0.4, 0.5) is 11.6 Å². The fraction of sp³-hybridized carbons (Fsp3) is 0.100. The largest absolute Gasteiger partial charge is 0.465 e. The molecule has 0 aromatic carbocycles. The predicted molar refractivity (Wildman–Crippen MR) is 98.8 cm³/mol. The van der Waals surface area contributed by atoms with Crippen molar-refractivity contribution in [1.29, 1.82) is 0 Å². The number of anilines is 2. The monoisotopic (exact) mass is 344 g/mol. The summed E-state index contributed by atoms with van der Waals surface area (Å²) in [4.78, 5) is 27.1. The second kappa shape index (κ2) is 6.76. The third-order valence-corrected chi connectivity index (χ3v) is 4.15. The molecule has 1 aliphatic rings. The van der Waals surface area contributed by atoms with E-state index in [9.17, 15) is 4.79 Å². The van der Waals surface area contributed by atoms with E-state index in [4.69, 9.17) is 4.74 Å². The van der Waals surface area contributed by atoms with Gasteiger partial charge in [-0.1, -0.05) is 12.2 Å². The molecule has 0 unspecified atom stereocenters. The van der Waals surface area contributed by atoms with Gasteiger partial charge in [-0.25, -0.2) is 14.8 Å². The van der Waals surface area contributed by atoms with Crippen molar-refractivity contribution in [2.75, 3.05) is 12.0 Å². The zero-order valence-corrected chi connectivity index (χ0v) is 14.2. The molecule has 128 valence electrons. The number of pyridine rings is 3. The molecule has 0 saturated carbocycles. The molecule has 0 amide bonds. The molecule has 0 atom stereocenters. The molecule has 0 radical (unpaired) electrons. The van der Waals surface area contributed by atoms with Gasteiger partial charge in [-0.3, -0.25) is 4.98 Å². The Hall–Kier alpha value is -3.54. The Morgan fingerprint density at radius 1 is 0.962 bits per heavy atom. The third kappa shape index (κ3) is 2.93. The summed E-state index contributed by atoms with van der Waals surface area (Å²) in [6.07, 6.45) is 9.13. The fourth-order valence-electron chi connectivity index (χ4n) is 2.88. The lowest BCUT2D eigenvalue weighted by atomic mass is 10.2. The van der Waals surface area contributed by atoms with Crippen molar-refractivity contribution in [2.45, 2.75) is 6.54 Å². The van der Waals surface area contributed by atoms with Gasteiger partial charge in [0.15, 0.2) is 0 Å². The number of carbonyl (C=O) groups excluding carboxylic acids is 1. The van der Waals surface area contributed by atoms with Gasteiger partial charge in [0.1, 0.15) is 11.6 Å². The van der Waals surface area contributed by atoms with E-state index in [0.29, 0.717) is 12.1 Å². The first-order chi connectivity index (χ1) is 12.8. The second-order valence-electron chi connectivity index (χ2n) is 5.78. The lowest BCUT2D eigenvalue weighted by molar-refractivity contribution is 0.0600. The summed E-state index contributed by atoms with van der Waals surface area (Å²) < 4.78 is 4.72. The average molecular weight is 344 g/mol. The lowest BCUT2D eigenvalue weighted by Crippen LogP contribution is -2.21. The number of rotatable bonds is 3. The highest BCUT2D eigenvalue weighted by atomic mass is 16.5. The first-order valence-electron chi connectivity index (χ1n) is 8.15. The fourth-order valence-corrected chi connectivity index (χ4v) is 2.88. The Labute approximate surface area is 150 Å². The summed E-state index contributed by atoms with van der Waals surface area (Å²) >= 11 is 0. The molecule has 4 heterocycles. The first kappa shape index (κ1) is 16.0. The molecular weight excluding hydrogens is 328 g/mol. The van der Waals surface area contributed by atoms with E-state index < -0.39 is 5.97 Å². The van der Waals surface area contributed by atoms with Crippen molar-refractivity contribution >= 4 is 29.8 Å². The molecule has 26 heavy (non-hydrogen) atoms. The van der Waals surface area contributed by atoms with E-state index in [-0.39, 0.29) is 0 Å². The van der Waals surface area contributed by atoms with Gasteiger partial charge in [0.05, 0.1) is 24.9 Å². The molecule has 0 fully saturated rings. The van der Waals surface area contributed by atoms with Gasteiger partial charge in [-0.15, -0.1) is 0 Å². The van der Waals surface area contributed by atoms with E-state index in [1.165, 1.54) is 13.3 Å². The van der Waals surface area contributed by atoms with E-state index in [0.717, 1.165) is 28.5 Å². The zero-order valence-electron chi connectivity index (χ0n) is 14.2. The number of hydrogen-bond acceptors (Lipinski definition) is 6. The molecule has 4 rings (SSSR count). The molecule has 3 aromatic heterocycles. The maximum atomic E-state index is 11.6. The van der Waals surface area contributed by atoms with Crippen molar-refractivity contribution in [3.8, 4) is 0 Å². The number of nitrogens with zero attached hydrogens (tertiary/aromatic N) is 4. The van der Waals surface area contributed by atoms with Gasteiger partial charge in [0.2, 0.25) is 0 Å². The van der Waals surface area contributed by atoms with Crippen LogP contribution in [0.2, 0.25) is 0 Å². The number of aromatic nitrogens is 3. The summed E-state index contributed by atoms with van der Waals surface area (Å²) in [7, 11) is 1.35. The van der Waals surface area contributed by atoms with Crippen LogP contribution in [0.3, 0.4) is 0 Å². The number of esters is 1. The Balaban J connectivity index is 1.74. The lowest BCUT2D eigenvalue weighted by Gasteiger charge is -2.24. The molecule has 0 N–H and O–H groups in total. The minimum absolute atomic E-state index is 0.401. The van der Waals surface area contributed by atoms with Crippen molar-refractivity contribution in [1.82, 2.24) is 15.0 Å². The van der Waals surface area contributed by atoms with E-state index in [1.807, 2.05) is 47.4 Å². The molecule has 6 nitrogen and oxygen atoms in total. The van der Waals surface area contributed by atoms with Crippen LogP contribution in [-0.2, 0) is 11.3 Å². The van der Waals surface area contributed by atoms with Crippen LogP contribution in [0.1, 0.15) is 27.2 Å². The van der Waals surface area contributed by atoms with E-state index >= 15 is 0 Å². The van der Waals surface area contributed by atoms with Crippen LogP contribution in [0, 0.1) is 0 Å². The summed E-state index contributed by atoms with van der Waals surface area (Å²) in [6, 6.07) is 11.4. The van der Waals surface area contributed by atoms with Crippen molar-refractivity contribution in [3.63, 3.8) is 0 Å². The van der Waals surface area contributed by atoms with Gasteiger partial charge in [0, 0.05) is 29.7 Å². The number of fused-ring (bicyclic) bond motifs is 2. The summed E-state index contributed by atoms with van der Waals surface area (Å²) in [5.74, 6) is 1.24. The van der Waals surface area contributed by atoms with Gasteiger partial charge in [0.25, 0.3) is 0 Å². The maximum absolute atomic E-state index is 11.6. The average Bonchev–Trinajstić information content (AvgIpc) is 2.86. The Kier molecular flexibility index (Phi) is 4.15. The number of ether oxygens (including phenoxy) is 1. The highest BCUT2D eigenvalue weighted by Gasteiger charge is 2.21. The highest BCUT2D eigenvalue weighted by Crippen LogP contribution is 2.34. The second-order valence-corrected chi connectivity index (χ2v) is 5.78. The molecule has 0 spiro atoms. The molecule has 0 saturated heterocycles. The maximum Gasteiger partial charge on any atom is 0.339 e. The first-order valence-corrected chi connectivity index (χ1v) is 8.15. The predicted octanol–water partition coefficient (Wildman–Crippen LogP) is 3.48. The topological polar surface area (TPSA) is 68.2 Å². The van der Waals surface area contributed by atoms with Gasteiger partial charge in [-0.2, -0.15) is 0 Å². The standard InChI is InChI=1S/C20H16N4O2/c1-26-20(25)16-8-9-17(23-12-16)13-24-18-14(4-2-10-21-18)6-7-15-5-3-11-22-19(15)24/h2-12H,13H2,1H3. The minimum Gasteiger partial charge on any atom is -0.465 e. The third-order valence-electron chi connectivity index (χ3n) is 4.15. The smallest absolute Gasteiger partial charge is 0.339 e. The Bertz CT molecular complexity index is 934. The SMILES string of the molecule is COC(=O)c1ccc(CN2c3ncccc3C=Cc3cccnc32)nc1. The number of carbonyl (C=O) groups is 1. The molecule has 0 aliphatic carbocycles. The number of methoxy groups -OCH3 is 1. The Morgan fingerprint density at radius 3 is 2.15 bits per heavy atom. The molecule has 3 aromatic rings. The van der Waals surface area contributed by atoms with Gasteiger partial charge in [-0.05, 0) is 36.4 Å². The van der Waals surface area contributed by atoms with Crippen LogP contribution >= 0.6 is 0 Å². The molecular formula is C20H16N4O2. The summed E-state index contributed by atoms with van der Waals surface area (Å²) in [6.45, 7) is 0.483. The van der Waals surface area contributed by atoms with E-state index in [1.54, 1.807) is 18.5 Å². The summed E-state index contributed by atoms with van der Waals surface area (Å²) in [5, 5.41) is 0. The normalized spacial score (nSPS) is 12.1. The van der Waals surface area contributed by atoms with Crippen LogP contribution in [0.25, 0.3) is 12.2 Å². The van der Waals surface area contributed by atoms with Gasteiger partial charge >= 0.3 is 5.97 Å². The zero-order chi connectivity index (χ0) is 17.9. The Morgan fingerprint density at radius 2 is 1.62 bits per heavy atom. The summed E-state index contributed by atoms with van der Waals surface area (Å²) in [5.41, 5.74) is 3.24. The van der Waals surface area contributed by atoms with Crippen LogP contribution in [0.15, 0.2) is 55.0 Å². The van der Waals surface area contributed by atoms with Crippen molar-refractivity contribution < 1.29 is 9.53 Å².